The summed E-state index contributed by atoms with van der Waals surface area (Å²) >= 11 is 0. The summed E-state index contributed by atoms with van der Waals surface area (Å²) in [5.41, 5.74) is 1.27. The normalized spacial score (nSPS) is 22.9. The average Bonchev–Trinajstić information content (AvgIpc) is 3.25. The molecule has 2 aromatic rings. The van der Waals surface area contributed by atoms with Crippen molar-refractivity contribution in [1.82, 2.24) is 9.47 Å². The van der Waals surface area contributed by atoms with Crippen LogP contribution < -0.4 is 4.74 Å². The van der Waals surface area contributed by atoms with Crippen LogP contribution in [0.3, 0.4) is 0 Å². The second kappa shape index (κ2) is 7.38. The molecule has 1 aromatic heterocycles. The number of benzene rings is 1. The van der Waals surface area contributed by atoms with Gasteiger partial charge in [-0.2, -0.15) is 0 Å². The summed E-state index contributed by atoms with van der Waals surface area (Å²) in [4.78, 5) is 2.57. The third-order valence-corrected chi connectivity index (χ3v) is 5.47. The summed E-state index contributed by atoms with van der Waals surface area (Å²) in [5, 5.41) is 1.24. The summed E-state index contributed by atoms with van der Waals surface area (Å²) in [6.45, 7) is 9.79. The van der Waals surface area contributed by atoms with E-state index in [-0.39, 0.29) is 0 Å². The standard InChI is InChI=1S/C21H30N2O2/c1-16(2)14-22-10-6-18(7-11-22)25-21-5-3-4-20-19(21)8-12-23(20)17-9-13-24-15-17/h3-5,8,12,16-18H,6-7,9-11,13-15H2,1-2H3. The second-order valence-corrected chi connectivity index (χ2v) is 7.94. The van der Waals surface area contributed by atoms with E-state index >= 15 is 0 Å². The molecule has 25 heavy (non-hydrogen) atoms. The van der Waals surface area contributed by atoms with E-state index in [9.17, 15) is 0 Å². The number of nitrogens with zero attached hydrogens (tertiary/aromatic N) is 2. The van der Waals surface area contributed by atoms with Crippen LogP contribution in [0.25, 0.3) is 10.9 Å². The zero-order valence-corrected chi connectivity index (χ0v) is 15.5. The Hall–Kier alpha value is -1.52. The van der Waals surface area contributed by atoms with Crippen LogP contribution in [0.4, 0.5) is 0 Å². The molecule has 2 aliphatic heterocycles. The van der Waals surface area contributed by atoms with Gasteiger partial charge in [0.2, 0.25) is 0 Å². The molecule has 1 unspecified atom stereocenters. The Bertz CT molecular complexity index is 695. The first kappa shape index (κ1) is 16.9. The van der Waals surface area contributed by atoms with Gasteiger partial charge in [-0.3, -0.25) is 0 Å². The zero-order chi connectivity index (χ0) is 17.2. The Morgan fingerprint density at radius 1 is 1.16 bits per heavy atom. The molecule has 4 nitrogen and oxygen atoms in total. The van der Waals surface area contributed by atoms with Crippen LogP contribution in [0.5, 0.6) is 5.75 Å². The fourth-order valence-electron chi connectivity index (χ4n) is 4.23. The van der Waals surface area contributed by atoms with Gasteiger partial charge in [0.25, 0.3) is 0 Å². The predicted molar refractivity (Wildman–Crippen MR) is 101 cm³/mol. The van der Waals surface area contributed by atoms with E-state index in [0.29, 0.717) is 12.1 Å². The smallest absolute Gasteiger partial charge is 0.129 e. The highest BCUT2D eigenvalue weighted by atomic mass is 16.5. The van der Waals surface area contributed by atoms with E-state index in [1.54, 1.807) is 0 Å². The van der Waals surface area contributed by atoms with E-state index in [2.05, 4.69) is 53.8 Å². The fourth-order valence-corrected chi connectivity index (χ4v) is 4.23. The Morgan fingerprint density at radius 2 is 2.00 bits per heavy atom. The number of piperidine rings is 1. The van der Waals surface area contributed by atoms with Gasteiger partial charge >= 0.3 is 0 Å². The van der Waals surface area contributed by atoms with Crippen LogP contribution in [-0.2, 0) is 4.74 Å². The highest BCUT2D eigenvalue weighted by molar-refractivity contribution is 5.86. The molecule has 0 N–H and O–H groups in total. The van der Waals surface area contributed by atoms with Crippen LogP contribution in [-0.4, -0.2) is 48.4 Å². The fraction of sp³-hybridized carbons (Fsp3) is 0.619. The largest absolute Gasteiger partial charge is 0.490 e. The second-order valence-electron chi connectivity index (χ2n) is 7.94. The van der Waals surface area contributed by atoms with Gasteiger partial charge in [-0.25, -0.2) is 0 Å². The van der Waals surface area contributed by atoms with Crippen molar-refractivity contribution in [1.29, 1.82) is 0 Å². The van der Waals surface area contributed by atoms with Crippen molar-refractivity contribution in [3.05, 3.63) is 30.5 Å². The van der Waals surface area contributed by atoms with Gasteiger partial charge in [-0.1, -0.05) is 19.9 Å². The average molecular weight is 342 g/mol. The van der Waals surface area contributed by atoms with Crippen molar-refractivity contribution in [2.75, 3.05) is 32.8 Å². The van der Waals surface area contributed by atoms with E-state index in [1.807, 2.05) is 0 Å². The summed E-state index contributed by atoms with van der Waals surface area (Å²) < 4.78 is 14.4. The Kier molecular flexibility index (Phi) is 5.00. The molecule has 0 spiro atoms. The van der Waals surface area contributed by atoms with Gasteiger partial charge in [0.15, 0.2) is 0 Å². The molecule has 0 bridgehead atoms. The Labute approximate surface area is 150 Å². The SMILES string of the molecule is CC(C)CN1CCC(Oc2cccc3c2ccn3C2CCOC2)CC1. The minimum absolute atomic E-state index is 0.340. The molecule has 3 heterocycles. The molecule has 136 valence electrons. The van der Waals surface area contributed by atoms with Crippen LogP contribution in [0, 0.1) is 5.92 Å². The molecule has 1 aromatic carbocycles. The van der Waals surface area contributed by atoms with Gasteiger partial charge in [0.1, 0.15) is 11.9 Å². The lowest BCUT2D eigenvalue weighted by atomic mass is 10.1. The van der Waals surface area contributed by atoms with Gasteiger partial charge in [-0.15, -0.1) is 0 Å². The minimum atomic E-state index is 0.340. The number of fused-ring (bicyclic) bond motifs is 1. The number of aromatic nitrogens is 1. The molecule has 2 saturated heterocycles. The maximum atomic E-state index is 6.43. The number of hydrogen-bond donors (Lipinski definition) is 0. The number of rotatable bonds is 5. The Balaban J connectivity index is 1.45. The third-order valence-electron chi connectivity index (χ3n) is 5.47. The molecular formula is C21H30N2O2. The van der Waals surface area contributed by atoms with E-state index in [1.165, 1.54) is 17.4 Å². The molecule has 1 atom stereocenters. The lowest BCUT2D eigenvalue weighted by Crippen LogP contribution is -2.39. The molecule has 0 radical (unpaired) electrons. The summed E-state index contributed by atoms with van der Waals surface area (Å²) in [6, 6.07) is 9.12. The molecule has 0 aliphatic carbocycles. The van der Waals surface area contributed by atoms with Gasteiger partial charge in [0, 0.05) is 37.8 Å². The molecule has 4 rings (SSSR count). The summed E-state index contributed by atoms with van der Waals surface area (Å²) in [7, 11) is 0. The monoisotopic (exact) mass is 342 g/mol. The van der Waals surface area contributed by atoms with Gasteiger partial charge < -0.3 is 18.9 Å². The maximum Gasteiger partial charge on any atom is 0.129 e. The molecule has 4 heteroatoms. The number of likely N-dealkylation sites (tertiary alicyclic amines) is 1. The molecule has 2 fully saturated rings. The van der Waals surface area contributed by atoms with Crippen LogP contribution in [0.1, 0.15) is 39.2 Å². The number of ether oxygens (including phenoxy) is 2. The highest BCUT2D eigenvalue weighted by Gasteiger charge is 2.23. The molecule has 0 amide bonds. The lowest BCUT2D eigenvalue weighted by molar-refractivity contribution is 0.0952. The molecular weight excluding hydrogens is 312 g/mol. The first-order chi connectivity index (χ1) is 12.2. The summed E-state index contributed by atoms with van der Waals surface area (Å²) in [5.74, 6) is 1.78. The first-order valence-electron chi connectivity index (χ1n) is 9.77. The van der Waals surface area contributed by atoms with Crippen LogP contribution in [0.2, 0.25) is 0 Å². The van der Waals surface area contributed by atoms with Crippen molar-refractivity contribution in [3.8, 4) is 5.75 Å². The zero-order valence-electron chi connectivity index (χ0n) is 15.5. The van der Waals surface area contributed by atoms with E-state index < -0.39 is 0 Å². The molecule has 2 aliphatic rings. The van der Waals surface area contributed by atoms with E-state index in [0.717, 1.165) is 57.2 Å². The highest BCUT2D eigenvalue weighted by Crippen LogP contribution is 2.32. The van der Waals surface area contributed by atoms with Gasteiger partial charge in [-0.05, 0) is 43.4 Å². The summed E-state index contributed by atoms with van der Waals surface area (Å²) in [6.07, 6.45) is 5.89. The van der Waals surface area contributed by atoms with E-state index in [4.69, 9.17) is 9.47 Å². The maximum absolute atomic E-state index is 6.43. The van der Waals surface area contributed by atoms with Crippen molar-refractivity contribution in [3.63, 3.8) is 0 Å². The van der Waals surface area contributed by atoms with Crippen molar-refractivity contribution < 1.29 is 9.47 Å². The predicted octanol–water partition coefficient (Wildman–Crippen LogP) is 4.10. The van der Waals surface area contributed by atoms with Gasteiger partial charge in [0.05, 0.1) is 18.2 Å². The van der Waals surface area contributed by atoms with Crippen molar-refractivity contribution in [2.45, 2.75) is 45.3 Å². The van der Waals surface area contributed by atoms with Crippen molar-refractivity contribution >= 4 is 10.9 Å². The molecule has 0 saturated carbocycles. The van der Waals surface area contributed by atoms with Crippen LogP contribution in [0.15, 0.2) is 30.5 Å². The number of hydrogen-bond acceptors (Lipinski definition) is 3. The minimum Gasteiger partial charge on any atom is -0.490 e. The third kappa shape index (κ3) is 3.70. The Morgan fingerprint density at radius 3 is 2.72 bits per heavy atom. The van der Waals surface area contributed by atoms with Crippen molar-refractivity contribution in [2.24, 2.45) is 5.92 Å². The first-order valence-corrected chi connectivity index (χ1v) is 9.77. The van der Waals surface area contributed by atoms with Crippen LogP contribution >= 0.6 is 0 Å². The quantitative estimate of drug-likeness (QED) is 0.818. The lowest BCUT2D eigenvalue weighted by Gasteiger charge is -2.33. The topological polar surface area (TPSA) is 26.6 Å².